The number of carbonyl (C=O) groups excluding carboxylic acids is 1. The molecule has 1 amide bonds. The van der Waals surface area contributed by atoms with Gasteiger partial charge in [-0.15, -0.1) is 0 Å². The minimum atomic E-state index is 0.0227. The molecule has 5 rings (SSSR count). The van der Waals surface area contributed by atoms with Crippen LogP contribution in [0.25, 0.3) is 5.65 Å². The Morgan fingerprint density at radius 1 is 1.04 bits per heavy atom. The van der Waals surface area contributed by atoms with E-state index >= 15 is 0 Å². The molecule has 0 aliphatic carbocycles. The molecule has 2 aliphatic rings. The first kappa shape index (κ1) is 17.4. The highest BCUT2D eigenvalue weighted by molar-refractivity contribution is 5.93. The summed E-state index contributed by atoms with van der Waals surface area (Å²) in [5.74, 6) is 1.03. The second kappa shape index (κ2) is 7.35. The second-order valence-electron chi connectivity index (χ2n) is 7.77. The number of aromatic nitrogens is 5. The minimum Gasteiger partial charge on any atom is -0.337 e. The lowest BCUT2D eigenvalue weighted by Crippen LogP contribution is -2.38. The molecule has 2 fully saturated rings. The summed E-state index contributed by atoms with van der Waals surface area (Å²) in [6.07, 6.45) is 7.56. The summed E-state index contributed by atoms with van der Waals surface area (Å²) in [6, 6.07) is 5.81. The fourth-order valence-electron chi connectivity index (χ4n) is 4.44. The smallest absolute Gasteiger partial charge is 0.272 e. The molecule has 0 aromatic carbocycles. The van der Waals surface area contributed by atoms with E-state index in [1.165, 1.54) is 11.4 Å². The summed E-state index contributed by atoms with van der Waals surface area (Å²) < 4.78 is 1.62. The zero-order chi connectivity index (χ0) is 18.9. The van der Waals surface area contributed by atoms with Gasteiger partial charge in [0.05, 0.1) is 11.9 Å². The van der Waals surface area contributed by atoms with Crippen molar-refractivity contribution in [3.05, 3.63) is 47.7 Å². The molecule has 0 radical (unpaired) electrons. The fraction of sp³-hybridized carbons (Fsp3) is 0.500. The predicted molar refractivity (Wildman–Crippen MR) is 104 cm³/mol. The van der Waals surface area contributed by atoms with Gasteiger partial charge in [0.1, 0.15) is 5.69 Å². The van der Waals surface area contributed by atoms with Gasteiger partial charge in [-0.2, -0.15) is 10.2 Å². The first-order chi connectivity index (χ1) is 13.8. The van der Waals surface area contributed by atoms with Gasteiger partial charge in [0.15, 0.2) is 5.65 Å². The van der Waals surface area contributed by atoms with Crippen LogP contribution in [0.4, 0.5) is 0 Å². The molecule has 0 spiro atoms. The number of aromatic amines is 1. The molecule has 0 unspecified atom stereocenters. The highest BCUT2D eigenvalue weighted by atomic mass is 16.2. The molecular formula is C20H25N7O. The van der Waals surface area contributed by atoms with Gasteiger partial charge in [0.2, 0.25) is 0 Å². The van der Waals surface area contributed by atoms with Crippen LogP contribution in [-0.2, 0) is 0 Å². The molecule has 146 valence electrons. The van der Waals surface area contributed by atoms with Crippen LogP contribution in [0.1, 0.15) is 59.4 Å². The molecule has 8 nitrogen and oxygen atoms in total. The summed E-state index contributed by atoms with van der Waals surface area (Å²) in [4.78, 5) is 19.1. The van der Waals surface area contributed by atoms with Crippen LogP contribution in [0.5, 0.6) is 0 Å². The van der Waals surface area contributed by atoms with Crippen molar-refractivity contribution in [2.24, 2.45) is 0 Å². The van der Waals surface area contributed by atoms with Crippen molar-refractivity contribution in [3.8, 4) is 0 Å². The molecule has 2 N–H and O–H groups in total. The van der Waals surface area contributed by atoms with Gasteiger partial charge in [0, 0.05) is 42.9 Å². The number of carbonyl (C=O) groups is 1. The minimum absolute atomic E-state index is 0.0227. The van der Waals surface area contributed by atoms with Gasteiger partial charge in [0.25, 0.3) is 5.91 Å². The van der Waals surface area contributed by atoms with E-state index in [4.69, 9.17) is 0 Å². The SMILES string of the molecule is O=C(c1ccnc2ccnn12)N1CCC(c2cc(C3CCNCC3)n[nH]2)CC1. The van der Waals surface area contributed by atoms with Crippen LogP contribution < -0.4 is 5.32 Å². The lowest BCUT2D eigenvalue weighted by Gasteiger charge is -2.31. The first-order valence-electron chi connectivity index (χ1n) is 10.1. The summed E-state index contributed by atoms with van der Waals surface area (Å²) in [6.45, 7) is 3.64. The highest BCUT2D eigenvalue weighted by Crippen LogP contribution is 2.31. The van der Waals surface area contributed by atoms with Gasteiger partial charge >= 0.3 is 0 Å². The van der Waals surface area contributed by atoms with Crippen molar-refractivity contribution in [1.29, 1.82) is 0 Å². The predicted octanol–water partition coefficient (Wildman–Crippen LogP) is 1.94. The molecule has 3 aromatic heterocycles. The molecule has 0 bridgehead atoms. The van der Waals surface area contributed by atoms with Gasteiger partial charge < -0.3 is 10.2 Å². The Balaban J connectivity index is 1.24. The third-order valence-electron chi connectivity index (χ3n) is 6.11. The maximum Gasteiger partial charge on any atom is 0.272 e. The average Bonchev–Trinajstić information content (AvgIpc) is 3.43. The zero-order valence-corrected chi connectivity index (χ0v) is 15.8. The fourth-order valence-corrected chi connectivity index (χ4v) is 4.44. The number of hydrogen-bond donors (Lipinski definition) is 2. The van der Waals surface area contributed by atoms with Crippen molar-refractivity contribution in [2.75, 3.05) is 26.2 Å². The molecule has 2 aliphatic heterocycles. The Bertz CT molecular complexity index is 964. The third-order valence-corrected chi connectivity index (χ3v) is 6.11. The van der Waals surface area contributed by atoms with Crippen LogP contribution in [-0.4, -0.2) is 61.8 Å². The van der Waals surface area contributed by atoms with E-state index in [1.54, 1.807) is 29.0 Å². The number of amides is 1. The molecule has 2 saturated heterocycles. The number of nitrogens with zero attached hydrogens (tertiary/aromatic N) is 5. The summed E-state index contributed by atoms with van der Waals surface area (Å²) >= 11 is 0. The normalized spacial score (nSPS) is 19.4. The standard InChI is InChI=1S/C20H25N7O/c28-20(18-3-9-22-19-4-10-23-27(18)19)26-11-5-15(6-12-26)17-13-16(24-25-17)14-1-7-21-8-2-14/h3-4,9-10,13-15,21H,1-2,5-8,11-12H2,(H,24,25). The van der Waals surface area contributed by atoms with Gasteiger partial charge in [-0.3, -0.25) is 9.89 Å². The Morgan fingerprint density at radius 2 is 1.86 bits per heavy atom. The van der Waals surface area contributed by atoms with E-state index in [9.17, 15) is 4.79 Å². The number of piperidine rings is 2. The highest BCUT2D eigenvalue weighted by Gasteiger charge is 2.28. The summed E-state index contributed by atoms with van der Waals surface area (Å²) in [5.41, 5.74) is 3.69. The lowest BCUT2D eigenvalue weighted by molar-refractivity contribution is 0.0703. The largest absolute Gasteiger partial charge is 0.337 e. The maximum atomic E-state index is 13.0. The Morgan fingerprint density at radius 3 is 2.68 bits per heavy atom. The molecule has 0 saturated carbocycles. The molecule has 8 heteroatoms. The van der Waals surface area contributed by atoms with Crippen molar-refractivity contribution in [1.82, 2.24) is 35.0 Å². The van der Waals surface area contributed by atoms with Crippen LogP contribution in [0.15, 0.2) is 30.6 Å². The zero-order valence-electron chi connectivity index (χ0n) is 15.8. The molecule has 3 aromatic rings. The van der Waals surface area contributed by atoms with Crippen LogP contribution in [0, 0.1) is 0 Å². The maximum absolute atomic E-state index is 13.0. The van der Waals surface area contributed by atoms with E-state index in [0.717, 1.165) is 51.9 Å². The van der Waals surface area contributed by atoms with Crippen molar-refractivity contribution in [3.63, 3.8) is 0 Å². The van der Waals surface area contributed by atoms with Crippen molar-refractivity contribution >= 4 is 11.6 Å². The Kier molecular flexibility index (Phi) is 4.56. The van der Waals surface area contributed by atoms with E-state index in [2.05, 4.69) is 31.7 Å². The van der Waals surface area contributed by atoms with Crippen LogP contribution in [0.3, 0.4) is 0 Å². The van der Waals surface area contributed by atoms with Gasteiger partial charge in [-0.1, -0.05) is 0 Å². The second-order valence-corrected chi connectivity index (χ2v) is 7.77. The number of rotatable bonds is 3. The lowest BCUT2D eigenvalue weighted by atomic mass is 9.90. The summed E-state index contributed by atoms with van der Waals surface area (Å²) in [7, 11) is 0. The van der Waals surface area contributed by atoms with E-state index < -0.39 is 0 Å². The molecule has 28 heavy (non-hydrogen) atoms. The number of fused-ring (bicyclic) bond motifs is 1. The Hall–Kier alpha value is -2.74. The number of hydrogen-bond acceptors (Lipinski definition) is 5. The van der Waals surface area contributed by atoms with Crippen molar-refractivity contribution < 1.29 is 4.79 Å². The van der Waals surface area contributed by atoms with Crippen LogP contribution >= 0.6 is 0 Å². The van der Waals surface area contributed by atoms with Gasteiger partial charge in [-0.25, -0.2) is 9.50 Å². The summed E-state index contributed by atoms with van der Waals surface area (Å²) in [5, 5.41) is 15.5. The van der Waals surface area contributed by atoms with E-state index in [-0.39, 0.29) is 5.91 Å². The average molecular weight is 379 g/mol. The molecular weight excluding hydrogens is 354 g/mol. The third kappa shape index (κ3) is 3.17. The van der Waals surface area contributed by atoms with Crippen molar-refractivity contribution in [2.45, 2.75) is 37.5 Å². The topological polar surface area (TPSA) is 91.2 Å². The Labute approximate surface area is 163 Å². The number of likely N-dealkylation sites (tertiary alicyclic amines) is 1. The quantitative estimate of drug-likeness (QED) is 0.726. The molecule has 5 heterocycles. The molecule has 0 atom stereocenters. The van der Waals surface area contributed by atoms with Crippen LogP contribution in [0.2, 0.25) is 0 Å². The van der Waals surface area contributed by atoms with E-state index in [0.29, 0.717) is 23.2 Å². The van der Waals surface area contributed by atoms with Gasteiger partial charge in [-0.05, 0) is 50.9 Å². The first-order valence-corrected chi connectivity index (χ1v) is 10.1. The van der Waals surface area contributed by atoms with E-state index in [1.807, 2.05) is 4.90 Å². The monoisotopic (exact) mass is 379 g/mol. The number of H-pyrrole nitrogens is 1. The number of nitrogens with one attached hydrogen (secondary N) is 2.